The molecule has 0 bridgehead atoms. The molecule has 1 fully saturated rings. The van der Waals surface area contributed by atoms with Gasteiger partial charge in [0.05, 0.1) is 4.92 Å². The lowest BCUT2D eigenvalue weighted by Crippen LogP contribution is -2.46. The molecule has 158 valence electrons. The Balaban J connectivity index is 1.62. The van der Waals surface area contributed by atoms with Gasteiger partial charge in [-0.05, 0) is 31.5 Å². The van der Waals surface area contributed by atoms with Gasteiger partial charge in [0.1, 0.15) is 5.69 Å². The zero-order valence-electron chi connectivity index (χ0n) is 17.5. The van der Waals surface area contributed by atoms with E-state index in [-0.39, 0.29) is 17.6 Å². The van der Waals surface area contributed by atoms with Crippen LogP contribution < -0.4 is 10.2 Å². The maximum absolute atomic E-state index is 12.2. The molecule has 30 heavy (non-hydrogen) atoms. The van der Waals surface area contributed by atoms with Crippen LogP contribution in [0, 0.1) is 10.1 Å². The Morgan fingerprint density at radius 3 is 2.47 bits per heavy atom. The number of hydrogen-bond acceptors (Lipinski definition) is 5. The summed E-state index contributed by atoms with van der Waals surface area (Å²) in [6, 6.07) is 14.9. The van der Waals surface area contributed by atoms with Crippen LogP contribution in [0.3, 0.4) is 0 Å². The summed E-state index contributed by atoms with van der Waals surface area (Å²) in [6.45, 7) is 7.62. The Morgan fingerprint density at radius 1 is 1.13 bits per heavy atom. The molecule has 0 atom stereocenters. The average molecular weight is 409 g/mol. The molecule has 3 rings (SSSR count). The molecule has 0 aromatic heterocycles. The number of nitro groups is 1. The Hall–Kier alpha value is -3.19. The summed E-state index contributed by atoms with van der Waals surface area (Å²) in [6.07, 6.45) is 4.26. The number of anilines is 1. The van der Waals surface area contributed by atoms with Crippen LogP contribution in [0.5, 0.6) is 0 Å². The zero-order valence-corrected chi connectivity index (χ0v) is 17.5. The lowest BCUT2D eigenvalue weighted by Gasteiger charge is -2.35. The molecule has 1 amide bonds. The highest BCUT2D eigenvalue weighted by Gasteiger charge is 2.25. The average Bonchev–Trinajstić information content (AvgIpc) is 2.74. The summed E-state index contributed by atoms with van der Waals surface area (Å²) in [5.74, 6) is -0.297. The van der Waals surface area contributed by atoms with E-state index in [4.69, 9.17) is 0 Å². The van der Waals surface area contributed by atoms with E-state index in [2.05, 4.69) is 34.5 Å². The first kappa shape index (κ1) is 21.5. The molecule has 2 aromatic rings. The second-order valence-corrected chi connectivity index (χ2v) is 7.69. The third-order valence-electron chi connectivity index (χ3n) is 5.04. The molecule has 1 aliphatic rings. The number of nitrogens with one attached hydrogen (secondary N) is 1. The summed E-state index contributed by atoms with van der Waals surface area (Å²) in [5, 5.41) is 14.4. The van der Waals surface area contributed by atoms with Crippen molar-refractivity contribution in [3.8, 4) is 0 Å². The molecule has 1 N–H and O–H groups in total. The Kier molecular flexibility index (Phi) is 7.19. The van der Waals surface area contributed by atoms with Crippen LogP contribution in [0.25, 0.3) is 6.08 Å². The van der Waals surface area contributed by atoms with Gasteiger partial charge in [-0.1, -0.05) is 42.5 Å². The summed E-state index contributed by atoms with van der Waals surface area (Å²) in [5.41, 5.74) is 2.03. The fourth-order valence-electron chi connectivity index (χ4n) is 3.50. The summed E-state index contributed by atoms with van der Waals surface area (Å²) in [7, 11) is 0. The zero-order chi connectivity index (χ0) is 21.5. The van der Waals surface area contributed by atoms with Crippen LogP contribution in [0.1, 0.15) is 29.8 Å². The number of piperazine rings is 1. The van der Waals surface area contributed by atoms with Gasteiger partial charge in [-0.15, -0.1) is 0 Å². The minimum absolute atomic E-state index is 0.0242. The largest absolute Gasteiger partial charge is 0.363 e. The lowest BCUT2D eigenvalue weighted by molar-refractivity contribution is -0.384. The van der Waals surface area contributed by atoms with Crippen molar-refractivity contribution in [3.63, 3.8) is 0 Å². The molecule has 0 spiro atoms. The highest BCUT2D eigenvalue weighted by Crippen LogP contribution is 2.30. The Morgan fingerprint density at radius 2 is 1.83 bits per heavy atom. The number of amides is 1. The van der Waals surface area contributed by atoms with Gasteiger partial charge in [-0.2, -0.15) is 0 Å². The topological polar surface area (TPSA) is 78.7 Å². The minimum atomic E-state index is -0.406. The number of carbonyl (C=O) groups is 1. The summed E-state index contributed by atoms with van der Waals surface area (Å²) < 4.78 is 0. The highest BCUT2D eigenvalue weighted by atomic mass is 16.6. The fraction of sp³-hybridized carbons (Fsp3) is 0.348. The van der Waals surface area contributed by atoms with E-state index in [1.54, 1.807) is 12.1 Å². The molecule has 0 aliphatic carbocycles. The van der Waals surface area contributed by atoms with Crippen LogP contribution in [0.15, 0.2) is 54.6 Å². The molecular formula is C23H28N4O3. The third-order valence-corrected chi connectivity index (χ3v) is 5.04. The standard InChI is InChI=1S/C23H28N4O3/c1-18(2)24-23(28)20-10-11-21(22(17-20)27(29)30)26-15-13-25(14-16-26)12-6-9-19-7-4-3-5-8-19/h3-11,17-18H,12-16H2,1-2H3,(H,24,28)/b9-6+. The molecular weight excluding hydrogens is 380 g/mol. The lowest BCUT2D eigenvalue weighted by atomic mass is 10.1. The van der Waals surface area contributed by atoms with E-state index in [9.17, 15) is 14.9 Å². The predicted molar refractivity (Wildman–Crippen MR) is 120 cm³/mol. The van der Waals surface area contributed by atoms with E-state index in [1.165, 1.54) is 11.6 Å². The second-order valence-electron chi connectivity index (χ2n) is 7.69. The van der Waals surface area contributed by atoms with Crippen molar-refractivity contribution in [2.45, 2.75) is 19.9 Å². The SMILES string of the molecule is CC(C)NC(=O)c1ccc(N2CCN(C/C=C/c3ccccc3)CC2)c([N+](=O)[O-])c1. The van der Waals surface area contributed by atoms with Gasteiger partial charge in [0.25, 0.3) is 11.6 Å². The van der Waals surface area contributed by atoms with Gasteiger partial charge in [-0.3, -0.25) is 19.8 Å². The molecule has 1 saturated heterocycles. The number of rotatable bonds is 7. The van der Waals surface area contributed by atoms with Crippen LogP contribution in [0.4, 0.5) is 11.4 Å². The summed E-state index contributed by atoms with van der Waals surface area (Å²) in [4.78, 5) is 27.8. The molecule has 0 radical (unpaired) electrons. The Bertz CT molecular complexity index is 904. The van der Waals surface area contributed by atoms with Crippen molar-refractivity contribution in [2.75, 3.05) is 37.6 Å². The first-order valence-electron chi connectivity index (χ1n) is 10.2. The number of benzene rings is 2. The smallest absolute Gasteiger partial charge is 0.293 e. The first-order chi connectivity index (χ1) is 14.4. The van der Waals surface area contributed by atoms with Crippen LogP contribution in [-0.2, 0) is 0 Å². The quantitative estimate of drug-likeness (QED) is 0.560. The molecule has 1 aliphatic heterocycles. The van der Waals surface area contributed by atoms with Gasteiger partial charge < -0.3 is 10.2 Å². The highest BCUT2D eigenvalue weighted by molar-refractivity contribution is 5.96. The van der Waals surface area contributed by atoms with Gasteiger partial charge in [0.2, 0.25) is 0 Å². The molecule has 0 unspecified atom stereocenters. The first-order valence-corrected chi connectivity index (χ1v) is 10.2. The third kappa shape index (κ3) is 5.67. The number of carbonyl (C=O) groups excluding carboxylic acids is 1. The summed E-state index contributed by atoms with van der Waals surface area (Å²) >= 11 is 0. The fourth-order valence-corrected chi connectivity index (χ4v) is 3.50. The van der Waals surface area contributed by atoms with Crippen LogP contribution in [0.2, 0.25) is 0 Å². The van der Waals surface area contributed by atoms with Crippen LogP contribution >= 0.6 is 0 Å². The minimum Gasteiger partial charge on any atom is -0.363 e. The second kappa shape index (κ2) is 10.0. The van der Waals surface area contributed by atoms with Gasteiger partial charge in [-0.25, -0.2) is 0 Å². The van der Waals surface area contributed by atoms with E-state index < -0.39 is 4.92 Å². The molecule has 1 heterocycles. The molecule has 7 nitrogen and oxygen atoms in total. The van der Waals surface area contributed by atoms with Gasteiger partial charge in [0.15, 0.2) is 0 Å². The molecule has 7 heteroatoms. The number of hydrogen-bond donors (Lipinski definition) is 1. The monoisotopic (exact) mass is 408 g/mol. The van der Waals surface area contributed by atoms with Crippen LogP contribution in [-0.4, -0.2) is 54.5 Å². The van der Waals surface area contributed by atoms with Crippen molar-refractivity contribution < 1.29 is 9.72 Å². The van der Waals surface area contributed by atoms with Gasteiger partial charge in [0, 0.05) is 50.4 Å². The van der Waals surface area contributed by atoms with E-state index in [0.717, 1.165) is 19.6 Å². The van der Waals surface area contributed by atoms with Crippen molar-refractivity contribution in [2.24, 2.45) is 0 Å². The number of nitro benzene ring substituents is 1. The molecule has 2 aromatic carbocycles. The van der Waals surface area contributed by atoms with Crippen molar-refractivity contribution in [1.29, 1.82) is 0 Å². The van der Waals surface area contributed by atoms with Crippen molar-refractivity contribution >= 4 is 23.4 Å². The Labute approximate surface area is 177 Å². The van der Waals surface area contributed by atoms with E-state index in [1.807, 2.05) is 36.9 Å². The van der Waals surface area contributed by atoms with E-state index in [0.29, 0.717) is 24.3 Å². The maximum atomic E-state index is 12.2. The number of nitrogens with zero attached hydrogens (tertiary/aromatic N) is 3. The van der Waals surface area contributed by atoms with Gasteiger partial charge >= 0.3 is 0 Å². The normalized spacial score (nSPS) is 15.0. The molecule has 0 saturated carbocycles. The predicted octanol–water partition coefficient (Wildman–Crippen LogP) is 3.57. The van der Waals surface area contributed by atoms with Crippen molar-refractivity contribution in [1.82, 2.24) is 10.2 Å². The maximum Gasteiger partial charge on any atom is 0.293 e. The van der Waals surface area contributed by atoms with Crippen molar-refractivity contribution in [3.05, 3.63) is 75.8 Å². The van der Waals surface area contributed by atoms with E-state index >= 15 is 0 Å².